The van der Waals surface area contributed by atoms with E-state index in [9.17, 15) is 13.6 Å². The zero-order chi connectivity index (χ0) is 26.5. The van der Waals surface area contributed by atoms with Crippen LogP contribution in [-0.2, 0) is 11.3 Å². The smallest absolute Gasteiger partial charge is 0.346 e. The van der Waals surface area contributed by atoms with Crippen molar-refractivity contribution in [2.45, 2.75) is 6.54 Å². The number of para-hydroxylation sites is 3. The van der Waals surface area contributed by atoms with Crippen LogP contribution in [0.5, 0.6) is 5.75 Å². The van der Waals surface area contributed by atoms with Crippen LogP contribution in [0.2, 0.25) is 5.02 Å². The van der Waals surface area contributed by atoms with Gasteiger partial charge in [-0.05, 0) is 48.5 Å². The molecule has 0 N–H and O–H groups in total. The van der Waals surface area contributed by atoms with Crippen LogP contribution < -0.4 is 4.74 Å². The van der Waals surface area contributed by atoms with Gasteiger partial charge in [0, 0.05) is 6.08 Å². The third-order valence-corrected chi connectivity index (χ3v) is 6.10. The Morgan fingerprint density at radius 2 is 1.47 bits per heavy atom. The molecule has 0 radical (unpaired) electrons. The first-order chi connectivity index (χ1) is 18.5. The number of ether oxygens (including phenoxy) is 2. The third kappa shape index (κ3) is 5.43. The number of halogens is 3. The predicted octanol–water partition coefficient (Wildman–Crippen LogP) is 7.40. The van der Waals surface area contributed by atoms with Gasteiger partial charge < -0.3 is 14.0 Å². The maximum absolute atomic E-state index is 14.8. The molecule has 0 saturated carbocycles. The monoisotopic (exact) mass is 530 g/mol. The molecule has 0 bridgehead atoms. The molecule has 0 atom stereocenters. The SMILES string of the molecule is O=C(O/C(=C\c1nc2ccccc2n1CCOc1ccccc1Cl)c1ccccc1F)c1ccccc1F. The van der Waals surface area contributed by atoms with Crippen LogP contribution in [0.3, 0.4) is 0 Å². The third-order valence-electron chi connectivity index (χ3n) is 5.79. The van der Waals surface area contributed by atoms with Gasteiger partial charge in [-0.2, -0.15) is 0 Å². The molecule has 0 saturated heterocycles. The Hall–Kier alpha value is -4.49. The largest absolute Gasteiger partial charge is 0.490 e. The highest BCUT2D eigenvalue weighted by atomic mass is 35.5. The maximum atomic E-state index is 14.8. The summed E-state index contributed by atoms with van der Waals surface area (Å²) in [6, 6.07) is 25.9. The van der Waals surface area contributed by atoms with Crippen molar-refractivity contribution in [1.82, 2.24) is 9.55 Å². The summed E-state index contributed by atoms with van der Waals surface area (Å²) < 4.78 is 42.4. The molecule has 0 amide bonds. The number of carbonyl (C=O) groups is 1. The van der Waals surface area contributed by atoms with E-state index in [0.717, 1.165) is 11.6 Å². The second kappa shape index (κ2) is 11.3. The van der Waals surface area contributed by atoms with Crippen LogP contribution in [0.15, 0.2) is 97.1 Å². The Morgan fingerprint density at radius 3 is 2.21 bits per heavy atom. The molecule has 5 rings (SSSR count). The number of imidazole rings is 1. The lowest BCUT2D eigenvalue weighted by Crippen LogP contribution is -2.11. The molecule has 0 spiro atoms. The zero-order valence-corrected chi connectivity index (χ0v) is 20.7. The maximum Gasteiger partial charge on any atom is 0.346 e. The summed E-state index contributed by atoms with van der Waals surface area (Å²) in [5.74, 6) is -1.48. The topological polar surface area (TPSA) is 53.3 Å². The van der Waals surface area contributed by atoms with Gasteiger partial charge in [0.2, 0.25) is 0 Å². The van der Waals surface area contributed by atoms with Crippen molar-refractivity contribution in [2.24, 2.45) is 0 Å². The van der Waals surface area contributed by atoms with Gasteiger partial charge in [-0.1, -0.05) is 60.1 Å². The van der Waals surface area contributed by atoms with Gasteiger partial charge in [0.1, 0.15) is 35.6 Å². The van der Waals surface area contributed by atoms with Crippen molar-refractivity contribution >= 4 is 40.4 Å². The minimum absolute atomic E-state index is 0.0307. The normalized spacial score (nSPS) is 11.5. The van der Waals surface area contributed by atoms with Gasteiger partial charge in [-0.15, -0.1) is 0 Å². The highest BCUT2D eigenvalue weighted by Crippen LogP contribution is 2.27. The molecule has 1 heterocycles. The summed E-state index contributed by atoms with van der Waals surface area (Å²) in [5, 5.41) is 0.491. The summed E-state index contributed by atoms with van der Waals surface area (Å²) in [5.41, 5.74) is 1.25. The van der Waals surface area contributed by atoms with Gasteiger partial charge in [-0.25, -0.2) is 18.6 Å². The standard InChI is InChI=1S/C30H21ClF2N2O3/c31-22-11-3-8-16-27(22)37-18-17-35-26-15-7-6-14-25(26)34-29(35)19-28(20-9-1-4-12-23(20)32)38-30(36)21-10-2-5-13-24(21)33/h1-16,19H,17-18H2/b28-19-. The van der Waals surface area contributed by atoms with Crippen LogP contribution in [-0.4, -0.2) is 22.1 Å². The molecule has 8 heteroatoms. The van der Waals surface area contributed by atoms with E-state index in [-0.39, 0.29) is 23.5 Å². The molecule has 0 aliphatic heterocycles. The Bertz CT molecular complexity index is 1650. The number of hydrogen-bond donors (Lipinski definition) is 0. The lowest BCUT2D eigenvalue weighted by molar-refractivity contribution is 0.0688. The van der Waals surface area contributed by atoms with E-state index in [1.807, 2.05) is 41.0 Å². The number of hydrogen-bond acceptors (Lipinski definition) is 4. The molecule has 0 unspecified atom stereocenters. The molecule has 5 nitrogen and oxygen atoms in total. The molecule has 0 fully saturated rings. The van der Waals surface area contributed by atoms with E-state index < -0.39 is 17.6 Å². The number of aromatic nitrogens is 2. The molecular weight excluding hydrogens is 510 g/mol. The van der Waals surface area contributed by atoms with Crippen LogP contribution in [0.25, 0.3) is 22.9 Å². The molecule has 4 aromatic carbocycles. The van der Waals surface area contributed by atoms with Crippen LogP contribution in [0.4, 0.5) is 8.78 Å². The first-order valence-corrected chi connectivity index (χ1v) is 12.1. The number of nitrogens with zero attached hydrogens (tertiary/aromatic N) is 2. The molecule has 0 aliphatic rings. The van der Waals surface area contributed by atoms with Crippen molar-refractivity contribution in [2.75, 3.05) is 6.61 Å². The predicted molar refractivity (Wildman–Crippen MR) is 143 cm³/mol. The number of carbonyl (C=O) groups excluding carboxylic acids is 1. The number of fused-ring (bicyclic) bond motifs is 1. The molecular formula is C30H21ClF2N2O3. The first-order valence-electron chi connectivity index (χ1n) is 11.8. The van der Waals surface area contributed by atoms with E-state index in [0.29, 0.717) is 28.7 Å². The van der Waals surface area contributed by atoms with Crippen molar-refractivity contribution < 1.29 is 23.0 Å². The average molecular weight is 531 g/mol. The van der Waals surface area contributed by atoms with Gasteiger partial charge in [0.15, 0.2) is 0 Å². The van der Waals surface area contributed by atoms with Crippen LogP contribution in [0, 0.1) is 11.6 Å². The summed E-state index contributed by atoms with van der Waals surface area (Å²) in [6.45, 7) is 0.623. The van der Waals surface area contributed by atoms with Crippen molar-refractivity contribution in [3.05, 3.63) is 131 Å². The van der Waals surface area contributed by atoms with Gasteiger partial charge in [0.05, 0.1) is 33.7 Å². The lowest BCUT2D eigenvalue weighted by Gasteiger charge is -2.13. The van der Waals surface area contributed by atoms with Crippen molar-refractivity contribution in [3.8, 4) is 5.75 Å². The van der Waals surface area contributed by atoms with Crippen molar-refractivity contribution in [3.63, 3.8) is 0 Å². The Labute approximate surface area is 222 Å². The van der Waals surface area contributed by atoms with Gasteiger partial charge in [0.25, 0.3) is 0 Å². The minimum atomic E-state index is -0.956. The molecule has 0 aliphatic carbocycles. The summed E-state index contributed by atoms with van der Waals surface area (Å²) in [7, 11) is 0. The fourth-order valence-corrected chi connectivity index (χ4v) is 4.16. The van der Waals surface area contributed by atoms with Crippen molar-refractivity contribution in [1.29, 1.82) is 0 Å². The summed E-state index contributed by atoms with van der Waals surface area (Å²) in [4.78, 5) is 17.5. The fourth-order valence-electron chi connectivity index (χ4n) is 3.97. The van der Waals surface area contributed by atoms with Gasteiger partial charge in [-0.3, -0.25) is 0 Å². The molecule has 190 valence electrons. The molecule has 5 aromatic rings. The number of esters is 1. The van der Waals surface area contributed by atoms with E-state index in [2.05, 4.69) is 4.98 Å². The van der Waals surface area contributed by atoms with Gasteiger partial charge >= 0.3 is 5.97 Å². The number of benzene rings is 4. The highest BCUT2D eigenvalue weighted by molar-refractivity contribution is 6.32. The zero-order valence-electron chi connectivity index (χ0n) is 20.0. The average Bonchev–Trinajstić information content (AvgIpc) is 3.27. The van der Waals surface area contributed by atoms with E-state index in [1.54, 1.807) is 18.2 Å². The van der Waals surface area contributed by atoms with Crippen LogP contribution in [0.1, 0.15) is 21.7 Å². The Kier molecular flexibility index (Phi) is 7.47. The van der Waals surface area contributed by atoms with Crippen LogP contribution >= 0.6 is 11.6 Å². The first kappa shape index (κ1) is 25.2. The summed E-state index contributed by atoms with van der Waals surface area (Å²) in [6.07, 6.45) is 1.46. The second-order valence-corrected chi connectivity index (χ2v) is 8.65. The lowest BCUT2D eigenvalue weighted by atomic mass is 10.1. The van der Waals surface area contributed by atoms with E-state index >= 15 is 0 Å². The summed E-state index contributed by atoms with van der Waals surface area (Å²) >= 11 is 6.21. The fraction of sp³-hybridized carbons (Fsp3) is 0.0667. The molecule has 1 aromatic heterocycles. The number of rotatable bonds is 8. The van der Waals surface area contributed by atoms with E-state index in [1.165, 1.54) is 42.5 Å². The minimum Gasteiger partial charge on any atom is -0.490 e. The second-order valence-electron chi connectivity index (χ2n) is 8.25. The Balaban J connectivity index is 1.54. The Morgan fingerprint density at radius 1 is 0.842 bits per heavy atom. The highest BCUT2D eigenvalue weighted by Gasteiger charge is 2.20. The quantitative estimate of drug-likeness (QED) is 0.155. The molecule has 38 heavy (non-hydrogen) atoms. The van der Waals surface area contributed by atoms with E-state index in [4.69, 9.17) is 21.1 Å².